The molecule has 0 aliphatic rings. The standard InChI is InChI=1S/C12H17F5O4/c1-5-7(2)8(18)21-10(3,4)9(19)20-6-11(13,14)12(15,16)17/h7H,5-6H2,1-4H3. The number of ether oxygens (including phenoxy) is 2. The van der Waals surface area contributed by atoms with Crippen LogP contribution in [0.25, 0.3) is 0 Å². The first-order chi connectivity index (χ1) is 9.24. The monoisotopic (exact) mass is 320 g/mol. The Morgan fingerprint density at radius 1 is 1.10 bits per heavy atom. The van der Waals surface area contributed by atoms with Crippen LogP contribution in [0.15, 0.2) is 0 Å². The van der Waals surface area contributed by atoms with E-state index in [-0.39, 0.29) is 0 Å². The Hall–Kier alpha value is -1.41. The van der Waals surface area contributed by atoms with Crippen LogP contribution in [-0.2, 0) is 19.1 Å². The average molecular weight is 320 g/mol. The Labute approximate surface area is 118 Å². The smallest absolute Gasteiger partial charge is 0.456 e. The van der Waals surface area contributed by atoms with E-state index in [4.69, 9.17) is 4.74 Å². The van der Waals surface area contributed by atoms with Crippen LogP contribution in [0.1, 0.15) is 34.1 Å². The van der Waals surface area contributed by atoms with Gasteiger partial charge in [0.15, 0.2) is 6.61 Å². The van der Waals surface area contributed by atoms with Gasteiger partial charge in [0.2, 0.25) is 5.60 Å². The summed E-state index contributed by atoms with van der Waals surface area (Å²) in [5.41, 5.74) is -1.96. The van der Waals surface area contributed by atoms with E-state index in [0.717, 1.165) is 13.8 Å². The lowest BCUT2D eigenvalue weighted by molar-refractivity contribution is -0.295. The molecule has 0 radical (unpaired) electrons. The molecule has 0 aliphatic heterocycles. The van der Waals surface area contributed by atoms with Crippen LogP contribution in [0.5, 0.6) is 0 Å². The lowest BCUT2D eigenvalue weighted by Gasteiger charge is -2.26. The molecule has 1 unspecified atom stereocenters. The van der Waals surface area contributed by atoms with Gasteiger partial charge in [-0.3, -0.25) is 4.79 Å². The molecule has 0 rings (SSSR count). The molecule has 0 aromatic carbocycles. The number of hydrogen-bond acceptors (Lipinski definition) is 4. The molecule has 0 aromatic heterocycles. The fourth-order valence-corrected chi connectivity index (χ4v) is 0.972. The molecule has 1 atom stereocenters. The van der Waals surface area contributed by atoms with Gasteiger partial charge in [-0.15, -0.1) is 0 Å². The quantitative estimate of drug-likeness (QED) is 0.557. The van der Waals surface area contributed by atoms with Gasteiger partial charge in [-0.05, 0) is 20.3 Å². The fourth-order valence-electron chi connectivity index (χ4n) is 0.972. The third kappa shape index (κ3) is 5.47. The SMILES string of the molecule is CCC(C)C(=O)OC(C)(C)C(=O)OCC(F)(F)C(F)(F)F. The molecular weight excluding hydrogens is 303 g/mol. The summed E-state index contributed by atoms with van der Waals surface area (Å²) in [7, 11) is 0. The first-order valence-electron chi connectivity index (χ1n) is 6.09. The summed E-state index contributed by atoms with van der Waals surface area (Å²) in [6, 6.07) is 0. The molecule has 0 spiro atoms. The van der Waals surface area contributed by atoms with Crippen molar-refractivity contribution in [3.8, 4) is 0 Å². The molecule has 21 heavy (non-hydrogen) atoms. The summed E-state index contributed by atoms with van der Waals surface area (Å²) in [5.74, 6) is -7.97. The summed E-state index contributed by atoms with van der Waals surface area (Å²) in [6.07, 6.45) is -5.42. The van der Waals surface area contributed by atoms with Gasteiger partial charge in [0.1, 0.15) is 0 Å². The van der Waals surface area contributed by atoms with Crippen LogP contribution in [0.4, 0.5) is 22.0 Å². The van der Waals surface area contributed by atoms with Gasteiger partial charge in [0, 0.05) is 0 Å². The van der Waals surface area contributed by atoms with E-state index in [2.05, 4.69) is 4.74 Å². The topological polar surface area (TPSA) is 52.6 Å². The third-order valence-corrected chi connectivity index (χ3v) is 2.66. The second-order valence-electron chi connectivity index (χ2n) is 5.02. The molecule has 4 nitrogen and oxygen atoms in total. The van der Waals surface area contributed by atoms with Crippen molar-refractivity contribution < 1.29 is 41.0 Å². The third-order valence-electron chi connectivity index (χ3n) is 2.66. The van der Waals surface area contributed by atoms with Crippen molar-refractivity contribution in [1.82, 2.24) is 0 Å². The number of esters is 2. The van der Waals surface area contributed by atoms with Crippen molar-refractivity contribution in [3.05, 3.63) is 0 Å². The van der Waals surface area contributed by atoms with Gasteiger partial charge >= 0.3 is 24.0 Å². The largest absolute Gasteiger partial charge is 0.456 e. The van der Waals surface area contributed by atoms with Crippen LogP contribution < -0.4 is 0 Å². The Morgan fingerprint density at radius 3 is 1.95 bits per heavy atom. The molecule has 0 amide bonds. The maximum absolute atomic E-state index is 12.6. The van der Waals surface area contributed by atoms with Crippen molar-refractivity contribution in [2.45, 2.75) is 51.8 Å². The minimum atomic E-state index is -5.83. The fraction of sp³-hybridized carbons (Fsp3) is 0.833. The van der Waals surface area contributed by atoms with E-state index in [1.165, 1.54) is 6.92 Å². The number of alkyl halides is 5. The number of carbonyl (C=O) groups is 2. The van der Waals surface area contributed by atoms with Crippen molar-refractivity contribution in [1.29, 1.82) is 0 Å². The number of carbonyl (C=O) groups excluding carboxylic acids is 2. The Morgan fingerprint density at radius 2 is 1.57 bits per heavy atom. The highest BCUT2D eigenvalue weighted by Crippen LogP contribution is 2.35. The number of rotatable bonds is 6. The highest BCUT2D eigenvalue weighted by molar-refractivity contribution is 5.83. The molecule has 0 fully saturated rings. The molecule has 9 heteroatoms. The first-order valence-corrected chi connectivity index (χ1v) is 6.09. The molecular formula is C12H17F5O4. The van der Waals surface area contributed by atoms with Crippen molar-refractivity contribution >= 4 is 11.9 Å². The minimum Gasteiger partial charge on any atom is -0.456 e. The van der Waals surface area contributed by atoms with E-state index in [9.17, 15) is 31.5 Å². The van der Waals surface area contributed by atoms with Crippen molar-refractivity contribution in [2.75, 3.05) is 6.61 Å². The van der Waals surface area contributed by atoms with Gasteiger partial charge in [-0.1, -0.05) is 13.8 Å². The molecule has 0 bridgehead atoms. The van der Waals surface area contributed by atoms with E-state index >= 15 is 0 Å². The summed E-state index contributed by atoms with van der Waals surface area (Å²) in [5, 5.41) is 0. The van der Waals surface area contributed by atoms with Crippen LogP contribution in [0.2, 0.25) is 0 Å². The second kappa shape index (κ2) is 6.57. The summed E-state index contributed by atoms with van der Waals surface area (Å²) >= 11 is 0. The normalized spacial score (nSPS) is 14.5. The first kappa shape index (κ1) is 19.6. The van der Waals surface area contributed by atoms with Crippen molar-refractivity contribution in [3.63, 3.8) is 0 Å². The molecule has 0 heterocycles. The molecule has 0 saturated heterocycles. The van der Waals surface area contributed by atoms with Crippen LogP contribution in [-0.4, -0.2) is 36.2 Å². The molecule has 0 N–H and O–H groups in total. The van der Waals surface area contributed by atoms with Gasteiger partial charge in [-0.2, -0.15) is 22.0 Å². The molecule has 0 aliphatic carbocycles. The van der Waals surface area contributed by atoms with Crippen LogP contribution in [0.3, 0.4) is 0 Å². The van der Waals surface area contributed by atoms with E-state index in [0.29, 0.717) is 6.42 Å². The predicted octanol–water partition coefficient (Wildman–Crippen LogP) is 3.10. The van der Waals surface area contributed by atoms with E-state index in [1.54, 1.807) is 6.92 Å². The summed E-state index contributed by atoms with van der Waals surface area (Å²) < 4.78 is 69.7. The molecule has 0 aromatic rings. The predicted molar refractivity (Wildman–Crippen MR) is 61.6 cm³/mol. The van der Waals surface area contributed by atoms with E-state index < -0.39 is 42.2 Å². The number of hydrogen-bond donors (Lipinski definition) is 0. The van der Waals surface area contributed by atoms with Gasteiger partial charge in [0.25, 0.3) is 0 Å². The zero-order valence-corrected chi connectivity index (χ0v) is 12.0. The Kier molecular flexibility index (Phi) is 6.13. The maximum Gasteiger partial charge on any atom is 0.456 e. The number of halogens is 5. The van der Waals surface area contributed by atoms with Gasteiger partial charge in [-0.25, -0.2) is 4.79 Å². The Balaban J connectivity index is 4.68. The summed E-state index contributed by atoms with van der Waals surface area (Å²) in [6.45, 7) is 3.12. The minimum absolute atomic E-state index is 0.413. The van der Waals surface area contributed by atoms with E-state index in [1.807, 2.05) is 0 Å². The molecule has 124 valence electrons. The highest BCUT2D eigenvalue weighted by Gasteiger charge is 2.58. The zero-order valence-electron chi connectivity index (χ0n) is 12.0. The lowest BCUT2D eigenvalue weighted by Crippen LogP contribution is -2.45. The van der Waals surface area contributed by atoms with Gasteiger partial charge < -0.3 is 9.47 Å². The highest BCUT2D eigenvalue weighted by atomic mass is 19.4. The van der Waals surface area contributed by atoms with Crippen LogP contribution >= 0.6 is 0 Å². The molecule has 0 saturated carbocycles. The Bertz CT molecular complexity index is 390. The lowest BCUT2D eigenvalue weighted by atomic mass is 10.1. The zero-order chi connectivity index (χ0) is 17.1. The average Bonchev–Trinajstić information content (AvgIpc) is 2.32. The second-order valence-corrected chi connectivity index (χ2v) is 5.02. The van der Waals surface area contributed by atoms with Crippen LogP contribution in [0, 0.1) is 5.92 Å². The summed E-state index contributed by atoms with van der Waals surface area (Å²) in [4.78, 5) is 23.0. The maximum atomic E-state index is 12.6. The van der Waals surface area contributed by atoms with Gasteiger partial charge in [0.05, 0.1) is 5.92 Å². The van der Waals surface area contributed by atoms with Crippen molar-refractivity contribution in [2.24, 2.45) is 5.92 Å².